The van der Waals surface area contributed by atoms with Crippen molar-refractivity contribution in [3.8, 4) is 11.1 Å². The maximum atomic E-state index is 5.52. The van der Waals surface area contributed by atoms with Gasteiger partial charge in [0.1, 0.15) is 0 Å². The largest absolute Gasteiger partial charge is 0.325 e. The molecule has 2 aromatic heterocycles. The molecule has 0 unspecified atom stereocenters. The van der Waals surface area contributed by atoms with Gasteiger partial charge in [0.2, 0.25) is 0 Å². The summed E-state index contributed by atoms with van der Waals surface area (Å²) >= 11 is 0. The van der Waals surface area contributed by atoms with Crippen LogP contribution in [-0.2, 0) is 6.54 Å². The number of nitrogens with two attached hydrogens (primary N) is 1. The van der Waals surface area contributed by atoms with Crippen LogP contribution in [-0.4, -0.2) is 9.97 Å². The highest BCUT2D eigenvalue weighted by Crippen LogP contribution is 2.17. The van der Waals surface area contributed by atoms with E-state index in [1.165, 1.54) is 0 Å². The maximum absolute atomic E-state index is 5.52. The number of aromatic nitrogens is 2. The molecule has 2 N–H and O–H groups in total. The van der Waals surface area contributed by atoms with Crippen LogP contribution in [0.3, 0.4) is 0 Å². The van der Waals surface area contributed by atoms with Crippen molar-refractivity contribution in [1.29, 1.82) is 0 Å². The smallest absolute Gasteiger partial charge is 0.0545 e. The van der Waals surface area contributed by atoms with Gasteiger partial charge in [0.05, 0.1) is 5.69 Å². The quantitative estimate of drug-likeness (QED) is 0.773. The van der Waals surface area contributed by atoms with Crippen LogP contribution in [0, 0.1) is 0 Å². The summed E-state index contributed by atoms with van der Waals surface area (Å²) in [4.78, 5) is 8.20. The predicted molar refractivity (Wildman–Crippen MR) is 55.4 cm³/mol. The molecule has 0 bridgehead atoms. The number of hydrogen-bond donors (Lipinski definition) is 1. The van der Waals surface area contributed by atoms with Crippen molar-refractivity contribution < 1.29 is 0 Å². The first-order chi connectivity index (χ1) is 6.90. The molecule has 0 spiro atoms. The fourth-order valence-corrected chi connectivity index (χ4v) is 1.30. The normalized spacial score (nSPS) is 10.1. The summed E-state index contributed by atoms with van der Waals surface area (Å²) in [7, 11) is 0. The van der Waals surface area contributed by atoms with E-state index in [2.05, 4.69) is 9.97 Å². The molecule has 0 saturated heterocycles. The van der Waals surface area contributed by atoms with Crippen molar-refractivity contribution in [3.05, 3.63) is 48.5 Å². The van der Waals surface area contributed by atoms with Crippen LogP contribution in [0.25, 0.3) is 11.1 Å². The Balaban J connectivity index is 2.42. The molecular weight excluding hydrogens is 174 g/mol. The SMILES string of the molecule is NCc1cc(-c2cccnc2)ccn1. The number of hydrogen-bond acceptors (Lipinski definition) is 3. The predicted octanol–water partition coefficient (Wildman–Crippen LogP) is 1.60. The molecule has 14 heavy (non-hydrogen) atoms. The summed E-state index contributed by atoms with van der Waals surface area (Å²) in [6.45, 7) is 0.466. The summed E-state index contributed by atoms with van der Waals surface area (Å²) < 4.78 is 0. The van der Waals surface area contributed by atoms with Crippen molar-refractivity contribution in [2.24, 2.45) is 5.73 Å². The molecule has 0 aliphatic rings. The molecule has 0 aromatic carbocycles. The number of nitrogens with zero attached hydrogens (tertiary/aromatic N) is 2. The lowest BCUT2D eigenvalue weighted by Crippen LogP contribution is -1.98. The molecule has 0 radical (unpaired) electrons. The van der Waals surface area contributed by atoms with Gasteiger partial charge in [0, 0.05) is 30.7 Å². The van der Waals surface area contributed by atoms with Crippen LogP contribution in [0.2, 0.25) is 0 Å². The minimum Gasteiger partial charge on any atom is -0.325 e. The highest BCUT2D eigenvalue weighted by molar-refractivity contribution is 5.61. The zero-order chi connectivity index (χ0) is 9.80. The van der Waals surface area contributed by atoms with Crippen molar-refractivity contribution in [1.82, 2.24) is 9.97 Å². The van der Waals surface area contributed by atoms with E-state index in [-0.39, 0.29) is 0 Å². The third-order valence-electron chi connectivity index (χ3n) is 2.02. The molecule has 2 aromatic rings. The van der Waals surface area contributed by atoms with Gasteiger partial charge in [-0.05, 0) is 23.8 Å². The van der Waals surface area contributed by atoms with Gasteiger partial charge >= 0.3 is 0 Å². The van der Waals surface area contributed by atoms with Crippen molar-refractivity contribution in [2.75, 3.05) is 0 Å². The monoisotopic (exact) mass is 185 g/mol. The highest BCUT2D eigenvalue weighted by atomic mass is 14.7. The minimum absolute atomic E-state index is 0.466. The topological polar surface area (TPSA) is 51.8 Å². The second-order valence-electron chi connectivity index (χ2n) is 2.98. The summed E-state index contributed by atoms with van der Waals surface area (Å²) in [6, 6.07) is 7.87. The Morgan fingerprint density at radius 3 is 2.79 bits per heavy atom. The van der Waals surface area contributed by atoms with E-state index >= 15 is 0 Å². The van der Waals surface area contributed by atoms with E-state index in [1.54, 1.807) is 12.4 Å². The lowest BCUT2D eigenvalue weighted by Gasteiger charge is -2.01. The van der Waals surface area contributed by atoms with Gasteiger partial charge < -0.3 is 5.73 Å². The molecule has 2 heterocycles. The average molecular weight is 185 g/mol. The number of rotatable bonds is 2. The molecule has 0 aliphatic carbocycles. The van der Waals surface area contributed by atoms with Crippen molar-refractivity contribution in [3.63, 3.8) is 0 Å². The Bertz CT molecular complexity index is 412. The molecule has 2 rings (SSSR count). The Hall–Kier alpha value is -1.74. The molecule has 0 fully saturated rings. The molecule has 0 amide bonds. The molecular formula is C11H11N3. The van der Waals surface area contributed by atoms with Gasteiger partial charge in [-0.3, -0.25) is 9.97 Å². The first kappa shape index (κ1) is 8.84. The third-order valence-corrected chi connectivity index (χ3v) is 2.02. The Morgan fingerprint density at radius 2 is 2.07 bits per heavy atom. The maximum Gasteiger partial charge on any atom is 0.0545 e. The van der Waals surface area contributed by atoms with Crippen LogP contribution >= 0.6 is 0 Å². The molecule has 3 heteroatoms. The van der Waals surface area contributed by atoms with Gasteiger partial charge in [-0.25, -0.2) is 0 Å². The molecule has 70 valence electrons. The van der Waals surface area contributed by atoms with E-state index in [0.717, 1.165) is 16.8 Å². The van der Waals surface area contributed by atoms with E-state index in [9.17, 15) is 0 Å². The first-order valence-corrected chi connectivity index (χ1v) is 4.45. The van der Waals surface area contributed by atoms with Crippen molar-refractivity contribution in [2.45, 2.75) is 6.54 Å². The summed E-state index contributed by atoms with van der Waals surface area (Å²) in [5, 5.41) is 0. The van der Waals surface area contributed by atoms with E-state index in [0.29, 0.717) is 6.54 Å². The van der Waals surface area contributed by atoms with E-state index in [4.69, 9.17) is 5.73 Å². The van der Waals surface area contributed by atoms with Crippen LogP contribution in [0.5, 0.6) is 0 Å². The third kappa shape index (κ3) is 1.78. The fraction of sp³-hybridized carbons (Fsp3) is 0.0909. The van der Waals surface area contributed by atoms with Crippen LogP contribution in [0.15, 0.2) is 42.9 Å². The Kier molecular flexibility index (Phi) is 2.51. The zero-order valence-corrected chi connectivity index (χ0v) is 7.72. The van der Waals surface area contributed by atoms with E-state index < -0.39 is 0 Å². The number of pyridine rings is 2. The van der Waals surface area contributed by atoms with Crippen LogP contribution < -0.4 is 5.73 Å². The Morgan fingerprint density at radius 1 is 1.14 bits per heavy atom. The lowest BCUT2D eigenvalue weighted by molar-refractivity contribution is 0.991. The summed E-state index contributed by atoms with van der Waals surface area (Å²) in [6.07, 6.45) is 5.36. The standard InChI is InChI=1S/C11H11N3/c12-7-11-6-9(3-5-14-11)10-2-1-4-13-8-10/h1-6,8H,7,12H2. The molecule has 0 saturated carbocycles. The minimum atomic E-state index is 0.466. The lowest BCUT2D eigenvalue weighted by atomic mass is 10.1. The zero-order valence-electron chi connectivity index (χ0n) is 7.72. The Labute approximate surface area is 82.6 Å². The summed E-state index contributed by atoms with van der Waals surface area (Å²) in [5.74, 6) is 0. The molecule has 3 nitrogen and oxygen atoms in total. The van der Waals surface area contributed by atoms with Gasteiger partial charge in [-0.15, -0.1) is 0 Å². The van der Waals surface area contributed by atoms with Gasteiger partial charge in [0.15, 0.2) is 0 Å². The highest BCUT2D eigenvalue weighted by Gasteiger charge is 1.98. The van der Waals surface area contributed by atoms with Gasteiger partial charge in [-0.2, -0.15) is 0 Å². The average Bonchev–Trinajstić information content (AvgIpc) is 2.30. The van der Waals surface area contributed by atoms with Gasteiger partial charge in [-0.1, -0.05) is 6.07 Å². The first-order valence-electron chi connectivity index (χ1n) is 4.45. The van der Waals surface area contributed by atoms with Crippen LogP contribution in [0.4, 0.5) is 0 Å². The fourth-order valence-electron chi connectivity index (χ4n) is 1.30. The summed E-state index contributed by atoms with van der Waals surface area (Å²) in [5.41, 5.74) is 8.61. The second-order valence-corrected chi connectivity index (χ2v) is 2.98. The second kappa shape index (κ2) is 3.98. The molecule has 0 atom stereocenters. The van der Waals surface area contributed by atoms with Crippen LogP contribution in [0.1, 0.15) is 5.69 Å². The van der Waals surface area contributed by atoms with Crippen molar-refractivity contribution >= 4 is 0 Å². The molecule has 0 aliphatic heterocycles. The van der Waals surface area contributed by atoms with Gasteiger partial charge in [0.25, 0.3) is 0 Å². The van der Waals surface area contributed by atoms with E-state index in [1.807, 2.05) is 30.5 Å².